The fourth-order valence-corrected chi connectivity index (χ4v) is 3.13. The molecule has 14 heavy (non-hydrogen) atoms. The number of aliphatic hydroxyl groups is 1. The Morgan fingerprint density at radius 3 is 2.86 bits per heavy atom. The molecule has 2 unspecified atom stereocenters. The van der Waals surface area contributed by atoms with E-state index in [1.54, 1.807) is 0 Å². The van der Waals surface area contributed by atoms with E-state index in [4.69, 9.17) is 5.73 Å². The van der Waals surface area contributed by atoms with E-state index < -0.39 is 0 Å². The molecule has 1 aliphatic heterocycles. The van der Waals surface area contributed by atoms with Crippen molar-refractivity contribution >= 4 is 0 Å². The van der Waals surface area contributed by atoms with Gasteiger partial charge in [0, 0.05) is 19.1 Å². The molecular formula is C11H22N2O. The molecule has 0 aromatic carbocycles. The van der Waals surface area contributed by atoms with Gasteiger partial charge in [-0.05, 0) is 38.1 Å². The van der Waals surface area contributed by atoms with Gasteiger partial charge in [0.2, 0.25) is 0 Å². The Morgan fingerprint density at radius 2 is 2.07 bits per heavy atom. The first-order valence-electron chi connectivity index (χ1n) is 5.93. The highest BCUT2D eigenvalue weighted by atomic mass is 16.3. The summed E-state index contributed by atoms with van der Waals surface area (Å²) in [6, 6.07) is 0.755. The van der Waals surface area contributed by atoms with E-state index in [0.29, 0.717) is 6.54 Å². The summed E-state index contributed by atoms with van der Waals surface area (Å²) in [4.78, 5) is 2.47. The smallest absolute Gasteiger partial charge is 0.0789 e. The normalized spacial score (nSPS) is 35.6. The molecule has 2 aliphatic rings. The molecule has 3 N–H and O–H groups in total. The lowest BCUT2D eigenvalue weighted by atomic mass is 9.92. The quantitative estimate of drug-likeness (QED) is 0.697. The minimum Gasteiger partial charge on any atom is -0.390 e. The Hall–Kier alpha value is -0.120. The average molecular weight is 198 g/mol. The number of nitrogens with zero attached hydrogens (tertiary/aromatic N) is 1. The van der Waals surface area contributed by atoms with Crippen molar-refractivity contribution in [2.45, 2.75) is 44.2 Å². The third-order valence-corrected chi connectivity index (χ3v) is 3.83. The summed E-state index contributed by atoms with van der Waals surface area (Å²) < 4.78 is 0. The van der Waals surface area contributed by atoms with E-state index in [-0.39, 0.29) is 6.10 Å². The van der Waals surface area contributed by atoms with E-state index >= 15 is 0 Å². The largest absolute Gasteiger partial charge is 0.390 e. The Labute approximate surface area is 86.3 Å². The van der Waals surface area contributed by atoms with E-state index in [9.17, 15) is 5.11 Å². The van der Waals surface area contributed by atoms with Gasteiger partial charge < -0.3 is 10.8 Å². The zero-order valence-corrected chi connectivity index (χ0v) is 8.86. The van der Waals surface area contributed by atoms with E-state index in [0.717, 1.165) is 25.0 Å². The first-order chi connectivity index (χ1) is 6.81. The summed E-state index contributed by atoms with van der Waals surface area (Å²) in [7, 11) is 0. The molecule has 1 saturated heterocycles. The van der Waals surface area contributed by atoms with E-state index in [1.807, 2.05) is 0 Å². The molecule has 3 atom stereocenters. The maximum Gasteiger partial charge on any atom is 0.0789 e. The van der Waals surface area contributed by atoms with Gasteiger partial charge in [-0.2, -0.15) is 0 Å². The zero-order chi connectivity index (χ0) is 9.97. The highest BCUT2D eigenvalue weighted by Crippen LogP contribution is 2.36. The van der Waals surface area contributed by atoms with Gasteiger partial charge in [-0.25, -0.2) is 0 Å². The first-order valence-corrected chi connectivity index (χ1v) is 5.93. The second-order valence-electron chi connectivity index (χ2n) is 4.79. The van der Waals surface area contributed by atoms with Crippen LogP contribution in [0.2, 0.25) is 0 Å². The van der Waals surface area contributed by atoms with Crippen molar-refractivity contribution < 1.29 is 5.11 Å². The number of aliphatic hydroxyl groups excluding tert-OH is 1. The van der Waals surface area contributed by atoms with Crippen LogP contribution in [0.1, 0.15) is 32.1 Å². The molecule has 2 fully saturated rings. The van der Waals surface area contributed by atoms with Gasteiger partial charge in [-0.3, -0.25) is 4.90 Å². The molecule has 1 heterocycles. The Kier molecular flexibility index (Phi) is 3.42. The van der Waals surface area contributed by atoms with Crippen LogP contribution in [0.4, 0.5) is 0 Å². The molecule has 0 amide bonds. The van der Waals surface area contributed by atoms with Crippen LogP contribution in [0.5, 0.6) is 0 Å². The van der Waals surface area contributed by atoms with Crippen molar-refractivity contribution in [1.82, 2.24) is 4.90 Å². The monoisotopic (exact) mass is 198 g/mol. The topological polar surface area (TPSA) is 49.5 Å². The second-order valence-corrected chi connectivity index (χ2v) is 4.79. The van der Waals surface area contributed by atoms with Crippen LogP contribution in [0.3, 0.4) is 0 Å². The lowest BCUT2D eigenvalue weighted by molar-refractivity contribution is 0.0546. The van der Waals surface area contributed by atoms with Crippen molar-refractivity contribution in [3.8, 4) is 0 Å². The third kappa shape index (κ3) is 2.10. The van der Waals surface area contributed by atoms with Gasteiger partial charge in [-0.15, -0.1) is 0 Å². The van der Waals surface area contributed by atoms with Crippen LogP contribution >= 0.6 is 0 Å². The molecule has 3 heteroatoms. The molecule has 1 aliphatic carbocycles. The SMILES string of the molecule is NC[C@@H](O)CN1CCCC2CCCC21. The Morgan fingerprint density at radius 1 is 1.29 bits per heavy atom. The van der Waals surface area contributed by atoms with Crippen LogP contribution in [0.25, 0.3) is 0 Å². The summed E-state index contributed by atoms with van der Waals surface area (Å²) in [5.41, 5.74) is 5.45. The minimum atomic E-state index is -0.325. The first kappa shape index (κ1) is 10.4. The van der Waals surface area contributed by atoms with Crippen LogP contribution in [0, 0.1) is 5.92 Å². The molecule has 1 saturated carbocycles. The number of hydrogen-bond acceptors (Lipinski definition) is 3. The number of likely N-dealkylation sites (tertiary alicyclic amines) is 1. The van der Waals surface area contributed by atoms with Gasteiger partial charge in [0.1, 0.15) is 0 Å². The number of piperidine rings is 1. The van der Waals surface area contributed by atoms with Crippen molar-refractivity contribution in [2.75, 3.05) is 19.6 Å². The fourth-order valence-electron chi connectivity index (χ4n) is 3.13. The maximum absolute atomic E-state index is 9.56. The van der Waals surface area contributed by atoms with E-state index in [1.165, 1.54) is 32.1 Å². The number of nitrogens with two attached hydrogens (primary N) is 1. The van der Waals surface area contributed by atoms with Crippen LogP contribution in [-0.2, 0) is 0 Å². The highest BCUT2D eigenvalue weighted by molar-refractivity contribution is 4.89. The lowest BCUT2D eigenvalue weighted by Crippen LogP contribution is -2.47. The predicted molar refractivity (Wildman–Crippen MR) is 57.0 cm³/mol. The molecule has 0 aromatic rings. The van der Waals surface area contributed by atoms with Crippen LogP contribution in [0.15, 0.2) is 0 Å². The second kappa shape index (κ2) is 4.60. The Bertz CT molecular complexity index is 186. The predicted octanol–water partition coefficient (Wildman–Crippen LogP) is 0.570. The summed E-state index contributed by atoms with van der Waals surface area (Å²) in [6.07, 6.45) is 6.50. The standard InChI is InChI=1S/C11H22N2O/c12-7-10(14)8-13-6-2-4-9-3-1-5-11(9)13/h9-11,14H,1-8,12H2/t9?,10-,11?/m1/s1. The van der Waals surface area contributed by atoms with Gasteiger partial charge in [0.25, 0.3) is 0 Å². The summed E-state index contributed by atoms with van der Waals surface area (Å²) in [5, 5.41) is 9.56. The zero-order valence-electron chi connectivity index (χ0n) is 8.86. The number of hydrogen-bond donors (Lipinski definition) is 2. The number of β-amino-alcohol motifs (C(OH)–C–C–N with tert-alkyl or cyclic N) is 1. The Balaban J connectivity index is 1.90. The summed E-state index contributed by atoms with van der Waals surface area (Å²) >= 11 is 0. The van der Waals surface area contributed by atoms with Gasteiger partial charge in [-0.1, -0.05) is 6.42 Å². The molecule has 0 aromatic heterocycles. The van der Waals surface area contributed by atoms with Gasteiger partial charge in [0.05, 0.1) is 6.10 Å². The molecule has 0 radical (unpaired) electrons. The van der Waals surface area contributed by atoms with Crippen molar-refractivity contribution in [1.29, 1.82) is 0 Å². The van der Waals surface area contributed by atoms with Crippen molar-refractivity contribution in [3.63, 3.8) is 0 Å². The molecular weight excluding hydrogens is 176 g/mol. The summed E-state index contributed by atoms with van der Waals surface area (Å²) in [6.45, 7) is 2.35. The maximum atomic E-state index is 9.56. The number of fused-ring (bicyclic) bond motifs is 1. The fraction of sp³-hybridized carbons (Fsp3) is 1.00. The third-order valence-electron chi connectivity index (χ3n) is 3.83. The van der Waals surface area contributed by atoms with Gasteiger partial charge in [0.15, 0.2) is 0 Å². The molecule has 0 bridgehead atoms. The molecule has 82 valence electrons. The number of rotatable bonds is 3. The highest BCUT2D eigenvalue weighted by Gasteiger charge is 2.35. The lowest BCUT2D eigenvalue weighted by Gasteiger charge is -2.38. The van der Waals surface area contributed by atoms with Crippen LogP contribution in [-0.4, -0.2) is 41.8 Å². The summed E-state index contributed by atoms with van der Waals surface area (Å²) in [5.74, 6) is 0.911. The average Bonchev–Trinajstić information content (AvgIpc) is 2.66. The minimum absolute atomic E-state index is 0.325. The van der Waals surface area contributed by atoms with Crippen molar-refractivity contribution in [2.24, 2.45) is 11.7 Å². The molecule has 2 rings (SSSR count). The molecule has 0 spiro atoms. The van der Waals surface area contributed by atoms with Crippen LogP contribution < -0.4 is 5.73 Å². The molecule has 3 nitrogen and oxygen atoms in total. The van der Waals surface area contributed by atoms with Gasteiger partial charge >= 0.3 is 0 Å². The van der Waals surface area contributed by atoms with Crippen molar-refractivity contribution in [3.05, 3.63) is 0 Å². The van der Waals surface area contributed by atoms with E-state index in [2.05, 4.69) is 4.90 Å².